The second-order valence-corrected chi connectivity index (χ2v) is 8.02. The first kappa shape index (κ1) is 22.5. The number of nitrogens with two attached hydrogens (primary N) is 1. The fourth-order valence-corrected chi connectivity index (χ4v) is 4.02. The summed E-state index contributed by atoms with van der Waals surface area (Å²) in [7, 11) is 1.56. The van der Waals surface area contributed by atoms with Gasteiger partial charge >= 0.3 is 5.97 Å². The number of carbonyl (C=O) groups is 3. The first-order chi connectivity index (χ1) is 14.8. The first-order valence-electron chi connectivity index (χ1n) is 10.5. The number of hydrogen-bond acceptors (Lipinski definition) is 7. The second kappa shape index (κ2) is 10.3. The van der Waals surface area contributed by atoms with Gasteiger partial charge in [0.2, 0.25) is 11.8 Å². The van der Waals surface area contributed by atoms with Gasteiger partial charge in [-0.2, -0.15) is 0 Å². The maximum atomic E-state index is 13.0. The van der Waals surface area contributed by atoms with Crippen molar-refractivity contribution in [2.45, 2.75) is 44.7 Å². The van der Waals surface area contributed by atoms with Gasteiger partial charge in [-0.25, -0.2) is 0 Å². The summed E-state index contributed by atoms with van der Waals surface area (Å²) in [6.07, 6.45) is 4.92. The number of rotatable bonds is 9. The third-order valence-corrected chi connectivity index (χ3v) is 5.67. The first-order valence-corrected chi connectivity index (χ1v) is 10.5. The molecule has 0 spiro atoms. The smallest absolute Gasteiger partial charge is 0.317 e. The van der Waals surface area contributed by atoms with Crippen LogP contribution in [0, 0.1) is 5.92 Å². The van der Waals surface area contributed by atoms with Crippen LogP contribution < -0.4 is 16.4 Å². The van der Waals surface area contributed by atoms with Crippen LogP contribution in [0.5, 0.6) is 0 Å². The van der Waals surface area contributed by atoms with Crippen molar-refractivity contribution >= 4 is 34.6 Å². The minimum Gasteiger partial charge on any atom is -0.480 e. The Labute approximate surface area is 180 Å². The summed E-state index contributed by atoms with van der Waals surface area (Å²) in [4.78, 5) is 37.7. The molecule has 0 bridgehead atoms. The molecule has 3 rings (SSSR count). The Morgan fingerprint density at radius 2 is 2.03 bits per heavy atom. The molecule has 0 saturated heterocycles. The molecule has 1 saturated carbocycles. The summed E-state index contributed by atoms with van der Waals surface area (Å²) < 4.78 is 5.13. The normalized spacial score (nSPS) is 15.5. The number of nitrogens with zero attached hydrogens (tertiary/aromatic N) is 2. The minimum atomic E-state index is -1.01. The van der Waals surface area contributed by atoms with Gasteiger partial charge < -0.3 is 25.6 Å². The van der Waals surface area contributed by atoms with Crippen LogP contribution in [0.3, 0.4) is 0 Å². The van der Waals surface area contributed by atoms with Crippen molar-refractivity contribution in [3.63, 3.8) is 0 Å². The van der Waals surface area contributed by atoms with E-state index in [1.165, 1.54) is 4.90 Å². The van der Waals surface area contributed by atoms with Crippen molar-refractivity contribution in [1.29, 1.82) is 0 Å². The highest BCUT2D eigenvalue weighted by atomic mass is 16.5. The Balaban J connectivity index is 1.55. The summed E-state index contributed by atoms with van der Waals surface area (Å²) in [6, 6.07) is 4.75. The Morgan fingerprint density at radius 1 is 1.29 bits per heavy atom. The fraction of sp³-hybridized carbons (Fsp3) is 0.524. The molecular formula is C21H29N5O5. The van der Waals surface area contributed by atoms with E-state index < -0.39 is 12.0 Å². The zero-order chi connectivity index (χ0) is 22.4. The molecular weight excluding hydrogens is 402 g/mol. The molecule has 1 aliphatic carbocycles. The van der Waals surface area contributed by atoms with Crippen LogP contribution in [0.2, 0.25) is 0 Å². The molecule has 1 aromatic heterocycles. The van der Waals surface area contributed by atoms with E-state index in [0.29, 0.717) is 16.8 Å². The number of amides is 2. The molecule has 0 unspecified atom stereocenters. The van der Waals surface area contributed by atoms with Crippen molar-refractivity contribution in [2.24, 2.45) is 5.92 Å². The fourth-order valence-electron chi connectivity index (χ4n) is 4.02. The molecule has 10 nitrogen and oxygen atoms in total. The van der Waals surface area contributed by atoms with Crippen LogP contribution in [0.15, 0.2) is 22.7 Å². The van der Waals surface area contributed by atoms with Gasteiger partial charge in [0.05, 0.1) is 24.5 Å². The number of anilines is 1. The van der Waals surface area contributed by atoms with E-state index in [9.17, 15) is 14.4 Å². The summed E-state index contributed by atoms with van der Waals surface area (Å²) >= 11 is 0. The van der Waals surface area contributed by atoms with E-state index in [-0.39, 0.29) is 37.4 Å². The summed E-state index contributed by atoms with van der Waals surface area (Å²) in [6.45, 7) is -0.142. The SMILES string of the molecule is CN(CC(=O)NCc1ccc2c(N)noc2c1)C(=O)[C@H](NCC(=O)O)C1CCCCC1. The topological polar surface area (TPSA) is 151 Å². The number of aliphatic carboxylic acids is 1. The van der Waals surface area contributed by atoms with E-state index in [1.807, 2.05) is 6.07 Å². The van der Waals surface area contributed by atoms with E-state index in [1.54, 1.807) is 19.2 Å². The zero-order valence-corrected chi connectivity index (χ0v) is 17.6. The quantitative estimate of drug-likeness (QED) is 0.461. The molecule has 1 heterocycles. The lowest BCUT2D eigenvalue weighted by Crippen LogP contribution is -2.52. The van der Waals surface area contributed by atoms with Crippen LogP contribution >= 0.6 is 0 Å². The van der Waals surface area contributed by atoms with Crippen LogP contribution in [-0.4, -0.2) is 59.1 Å². The number of aromatic nitrogens is 1. The molecule has 1 atom stereocenters. The monoisotopic (exact) mass is 431 g/mol. The molecule has 1 aliphatic rings. The number of fused-ring (bicyclic) bond motifs is 1. The van der Waals surface area contributed by atoms with Crippen molar-refractivity contribution in [2.75, 3.05) is 25.9 Å². The van der Waals surface area contributed by atoms with Gasteiger partial charge in [-0.1, -0.05) is 30.5 Å². The Bertz CT molecular complexity index is 937. The average Bonchev–Trinajstić information content (AvgIpc) is 3.13. The summed E-state index contributed by atoms with van der Waals surface area (Å²) in [5.41, 5.74) is 7.05. The number of benzene rings is 1. The molecule has 1 fully saturated rings. The van der Waals surface area contributed by atoms with Gasteiger partial charge in [0, 0.05) is 13.6 Å². The second-order valence-electron chi connectivity index (χ2n) is 8.02. The molecule has 2 amide bonds. The largest absolute Gasteiger partial charge is 0.480 e. The number of carboxylic acid groups (broad SMARTS) is 1. The highest BCUT2D eigenvalue weighted by Gasteiger charge is 2.32. The summed E-state index contributed by atoms with van der Waals surface area (Å²) in [5, 5.41) is 19.1. The maximum absolute atomic E-state index is 13.0. The predicted molar refractivity (Wildman–Crippen MR) is 114 cm³/mol. The van der Waals surface area contributed by atoms with E-state index in [4.69, 9.17) is 15.4 Å². The Morgan fingerprint density at radius 3 is 2.74 bits per heavy atom. The predicted octanol–water partition coefficient (Wildman–Crippen LogP) is 1.11. The molecule has 168 valence electrons. The van der Waals surface area contributed by atoms with Gasteiger partial charge in [-0.05, 0) is 36.5 Å². The van der Waals surface area contributed by atoms with Gasteiger partial charge in [0.25, 0.3) is 0 Å². The van der Waals surface area contributed by atoms with Crippen molar-refractivity contribution < 1.29 is 24.0 Å². The van der Waals surface area contributed by atoms with Gasteiger partial charge in [-0.3, -0.25) is 19.7 Å². The lowest BCUT2D eigenvalue weighted by atomic mass is 9.83. The third-order valence-electron chi connectivity index (χ3n) is 5.67. The number of carboxylic acids is 1. The zero-order valence-electron chi connectivity index (χ0n) is 17.6. The number of carbonyl (C=O) groups excluding carboxylic acids is 2. The molecule has 10 heteroatoms. The number of hydrogen-bond donors (Lipinski definition) is 4. The third kappa shape index (κ3) is 5.94. The van der Waals surface area contributed by atoms with E-state index in [0.717, 1.165) is 37.7 Å². The Kier molecular flexibility index (Phi) is 7.45. The minimum absolute atomic E-state index is 0.0761. The molecule has 5 N–H and O–H groups in total. The number of nitrogens with one attached hydrogen (secondary N) is 2. The lowest BCUT2D eigenvalue weighted by Gasteiger charge is -2.32. The van der Waals surface area contributed by atoms with Crippen molar-refractivity contribution in [3.05, 3.63) is 23.8 Å². The van der Waals surface area contributed by atoms with Crippen molar-refractivity contribution in [1.82, 2.24) is 20.7 Å². The maximum Gasteiger partial charge on any atom is 0.317 e. The van der Waals surface area contributed by atoms with Crippen molar-refractivity contribution in [3.8, 4) is 0 Å². The van der Waals surface area contributed by atoms with Gasteiger partial charge in [0.1, 0.15) is 0 Å². The average molecular weight is 431 g/mol. The van der Waals surface area contributed by atoms with Crippen LogP contribution in [0.4, 0.5) is 5.82 Å². The van der Waals surface area contributed by atoms with Gasteiger partial charge in [0.15, 0.2) is 11.4 Å². The highest BCUT2D eigenvalue weighted by Crippen LogP contribution is 2.27. The van der Waals surface area contributed by atoms with Crippen LogP contribution in [-0.2, 0) is 20.9 Å². The van der Waals surface area contributed by atoms with E-state index in [2.05, 4.69) is 15.8 Å². The van der Waals surface area contributed by atoms with Gasteiger partial charge in [-0.15, -0.1) is 0 Å². The van der Waals surface area contributed by atoms with Crippen LogP contribution in [0.25, 0.3) is 11.0 Å². The highest BCUT2D eigenvalue weighted by molar-refractivity contribution is 5.88. The number of nitrogen functional groups attached to an aromatic ring is 1. The molecule has 0 aliphatic heterocycles. The van der Waals surface area contributed by atoms with Crippen LogP contribution in [0.1, 0.15) is 37.7 Å². The lowest BCUT2D eigenvalue weighted by molar-refractivity contribution is -0.139. The molecule has 0 radical (unpaired) electrons. The number of likely N-dealkylation sites (N-methyl/N-ethyl adjacent to an activating group) is 1. The molecule has 2 aromatic rings. The molecule has 31 heavy (non-hydrogen) atoms. The molecule has 1 aromatic carbocycles. The van der Waals surface area contributed by atoms with E-state index >= 15 is 0 Å². The summed E-state index contributed by atoms with van der Waals surface area (Å²) in [5.74, 6) is -1.20. The standard InChI is InChI=1S/C21H29N5O5/c1-26(21(30)19(24-11-18(28)29)14-5-3-2-4-6-14)12-17(27)23-10-13-7-8-15-16(9-13)31-25-20(15)22/h7-9,14,19,24H,2-6,10-12H2,1H3,(H2,22,25)(H,23,27)(H,28,29)/t19-/m1/s1. The Hall–Kier alpha value is -3.14.